The maximum atomic E-state index is 14.0. The Morgan fingerprint density at radius 3 is 0.828 bits per heavy atom. The van der Waals surface area contributed by atoms with Gasteiger partial charge in [0.25, 0.3) is 0 Å². The molecule has 0 saturated carbocycles. The molecule has 6 aromatic rings. The van der Waals surface area contributed by atoms with Crippen LogP contribution in [-0.4, -0.2) is 22.9 Å². The van der Waals surface area contributed by atoms with E-state index in [0.717, 1.165) is 33.4 Å². The van der Waals surface area contributed by atoms with Gasteiger partial charge in [-0.1, -0.05) is 182 Å². The third-order valence-electron chi connectivity index (χ3n) is 10.5. The average molecular weight is 763 g/mol. The summed E-state index contributed by atoms with van der Waals surface area (Å²) in [5.74, 6) is -0.571. The van der Waals surface area contributed by atoms with Crippen LogP contribution in [-0.2, 0) is 20.7 Å². The van der Waals surface area contributed by atoms with Crippen LogP contribution in [0.15, 0.2) is 192 Å². The minimum Gasteiger partial charge on any atom is -0.338 e. The maximum Gasteiger partial charge on any atom is 0.221 e. The molecule has 58 heavy (non-hydrogen) atoms. The van der Waals surface area contributed by atoms with Crippen molar-refractivity contribution >= 4 is 11.8 Å². The molecule has 8 heteroatoms. The first-order chi connectivity index (χ1) is 28.2. The summed E-state index contributed by atoms with van der Waals surface area (Å²) < 4.78 is 0. The minimum absolute atomic E-state index is 0.0381. The third-order valence-corrected chi connectivity index (χ3v) is 10.5. The fraction of sp³-hybridized carbons (Fsp3) is 0.200. The van der Waals surface area contributed by atoms with Crippen molar-refractivity contribution in [1.82, 2.24) is 10.6 Å². The van der Waals surface area contributed by atoms with Gasteiger partial charge in [0.1, 0.15) is 11.1 Å². The first-order valence-corrected chi connectivity index (χ1v) is 19.4. The average Bonchev–Trinajstić information content (AvgIpc) is 3.29. The number of azo groups is 1. The van der Waals surface area contributed by atoms with E-state index >= 15 is 0 Å². The first-order valence-electron chi connectivity index (χ1n) is 19.4. The standard InChI is InChI=1S/C50H46N6O2/c1-47(37-51,35-33-45(57)53-49(39-21-9-3-10-22-39,40-23-11-4-12-24-40)41-25-13-5-14-26-41)55-56-48(2,38-52)36-34-46(58)54-50(42-27-15-6-16-28-42,43-29-17-7-18-30-43)44-31-19-8-20-32-44/h3-32H,33-36H2,1-2H3,(H,53,57)(H,54,58). The summed E-state index contributed by atoms with van der Waals surface area (Å²) in [6, 6.07) is 63.2. The summed E-state index contributed by atoms with van der Waals surface area (Å²) in [7, 11) is 0. The number of carbonyl (C=O) groups is 2. The molecule has 0 radical (unpaired) electrons. The zero-order valence-corrected chi connectivity index (χ0v) is 32.8. The first kappa shape index (κ1) is 40.5. The molecular weight excluding hydrogens is 717 g/mol. The lowest BCUT2D eigenvalue weighted by Gasteiger charge is -2.37. The molecule has 0 spiro atoms. The zero-order chi connectivity index (χ0) is 40.9. The van der Waals surface area contributed by atoms with Gasteiger partial charge in [0.15, 0.2) is 11.1 Å². The van der Waals surface area contributed by atoms with E-state index < -0.39 is 22.2 Å². The van der Waals surface area contributed by atoms with E-state index in [2.05, 4.69) is 33.0 Å². The molecule has 0 aliphatic heterocycles. The van der Waals surface area contributed by atoms with Gasteiger partial charge in [-0.2, -0.15) is 20.8 Å². The Hall–Kier alpha value is -7.16. The van der Waals surface area contributed by atoms with E-state index in [1.165, 1.54) is 0 Å². The largest absolute Gasteiger partial charge is 0.338 e. The third kappa shape index (κ3) is 8.94. The molecule has 6 rings (SSSR count). The Morgan fingerprint density at radius 1 is 0.431 bits per heavy atom. The number of rotatable bonds is 16. The number of hydrogen-bond acceptors (Lipinski definition) is 6. The Labute approximate surface area is 340 Å². The summed E-state index contributed by atoms with van der Waals surface area (Å²) in [5.41, 5.74) is 0.422. The Kier molecular flexibility index (Phi) is 12.7. The smallest absolute Gasteiger partial charge is 0.221 e. The van der Waals surface area contributed by atoms with Crippen molar-refractivity contribution in [2.75, 3.05) is 0 Å². The molecule has 0 aromatic heterocycles. The van der Waals surface area contributed by atoms with E-state index in [0.29, 0.717) is 0 Å². The predicted molar refractivity (Wildman–Crippen MR) is 226 cm³/mol. The van der Waals surface area contributed by atoms with Gasteiger partial charge in [0, 0.05) is 12.8 Å². The molecule has 6 aromatic carbocycles. The van der Waals surface area contributed by atoms with E-state index in [-0.39, 0.29) is 37.5 Å². The molecule has 2 unspecified atom stereocenters. The monoisotopic (exact) mass is 762 g/mol. The molecule has 288 valence electrons. The van der Waals surface area contributed by atoms with Crippen LogP contribution in [0.25, 0.3) is 0 Å². The van der Waals surface area contributed by atoms with Gasteiger partial charge in [0.05, 0.1) is 12.1 Å². The number of nitrogens with zero attached hydrogens (tertiary/aromatic N) is 4. The number of carbonyl (C=O) groups excluding carboxylic acids is 2. The molecule has 0 fully saturated rings. The lowest BCUT2D eigenvalue weighted by molar-refractivity contribution is -0.123. The summed E-state index contributed by atoms with van der Waals surface area (Å²) >= 11 is 0. The van der Waals surface area contributed by atoms with Gasteiger partial charge in [-0.05, 0) is 60.1 Å². The molecule has 0 heterocycles. The van der Waals surface area contributed by atoms with Gasteiger partial charge in [-0.15, -0.1) is 0 Å². The van der Waals surface area contributed by atoms with Crippen molar-refractivity contribution in [3.8, 4) is 12.1 Å². The lowest BCUT2D eigenvalue weighted by Crippen LogP contribution is -2.48. The summed E-state index contributed by atoms with van der Waals surface area (Å²) in [5, 5.41) is 36.1. The van der Waals surface area contributed by atoms with Gasteiger partial charge >= 0.3 is 0 Å². The van der Waals surface area contributed by atoms with Crippen LogP contribution in [0.3, 0.4) is 0 Å². The second kappa shape index (κ2) is 18.2. The molecule has 0 bridgehead atoms. The van der Waals surface area contributed by atoms with Crippen LogP contribution in [0.2, 0.25) is 0 Å². The van der Waals surface area contributed by atoms with Gasteiger partial charge in [-0.25, -0.2) is 0 Å². The highest BCUT2D eigenvalue weighted by molar-refractivity contribution is 5.80. The second-order valence-electron chi connectivity index (χ2n) is 14.8. The maximum absolute atomic E-state index is 14.0. The van der Waals surface area contributed by atoms with Crippen molar-refractivity contribution in [3.05, 3.63) is 215 Å². The normalized spacial score (nSPS) is 13.6. The van der Waals surface area contributed by atoms with Crippen LogP contribution in [0.4, 0.5) is 0 Å². The topological polar surface area (TPSA) is 130 Å². The molecular formula is C50H46N6O2. The van der Waals surface area contributed by atoms with Crippen molar-refractivity contribution < 1.29 is 9.59 Å². The van der Waals surface area contributed by atoms with Crippen molar-refractivity contribution in [2.24, 2.45) is 10.2 Å². The Balaban J connectivity index is 1.19. The van der Waals surface area contributed by atoms with Crippen LogP contribution in [0, 0.1) is 22.7 Å². The number of nitrogens with one attached hydrogen (secondary N) is 2. The highest BCUT2D eigenvalue weighted by Gasteiger charge is 2.40. The molecule has 8 nitrogen and oxygen atoms in total. The van der Waals surface area contributed by atoms with E-state index in [9.17, 15) is 20.1 Å². The summed E-state index contributed by atoms with van der Waals surface area (Å²) in [4.78, 5) is 28.0. The highest BCUT2D eigenvalue weighted by Crippen LogP contribution is 2.39. The fourth-order valence-corrected chi connectivity index (χ4v) is 7.30. The minimum atomic E-state index is -1.42. The van der Waals surface area contributed by atoms with Crippen LogP contribution in [0.1, 0.15) is 72.9 Å². The van der Waals surface area contributed by atoms with Crippen LogP contribution in [0.5, 0.6) is 0 Å². The molecule has 0 aliphatic rings. The Bertz CT molecular complexity index is 2020. The van der Waals surface area contributed by atoms with Gasteiger partial charge in [-0.3, -0.25) is 9.59 Å². The zero-order valence-electron chi connectivity index (χ0n) is 32.8. The summed E-state index contributed by atoms with van der Waals surface area (Å²) in [6.45, 7) is 3.20. The highest BCUT2D eigenvalue weighted by atomic mass is 16.2. The van der Waals surface area contributed by atoms with Gasteiger partial charge < -0.3 is 10.6 Å². The van der Waals surface area contributed by atoms with Crippen molar-refractivity contribution in [2.45, 2.75) is 61.7 Å². The van der Waals surface area contributed by atoms with Crippen LogP contribution < -0.4 is 10.6 Å². The van der Waals surface area contributed by atoms with Crippen molar-refractivity contribution in [3.63, 3.8) is 0 Å². The molecule has 0 aliphatic carbocycles. The second-order valence-corrected chi connectivity index (χ2v) is 14.8. The Morgan fingerprint density at radius 2 is 0.638 bits per heavy atom. The number of hydrogen-bond donors (Lipinski definition) is 2. The lowest BCUT2D eigenvalue weighted by atomic mass is 9.76. The van der Waals surface area contributed by atoms with E-state index in [1.807, 2.05) is 182 Å². The molecule has 2 atom stereocenters. The number of amides is 2. The number of benzene rings is 6. The SMILES string of the molecule is CC(C#N)(CCC(=O)NC(c1ccccc1)(c1ccccc1)c1ccccc1)N=NC(C)(C#N)CCC(=O)NC(c1ccccc1)(c1ccccc1)c1ccccc1. The summed E-state index contributed by atoms with van der Waals surface area (Å²) in [6.07, 6.45) is 0.0130. The van der Waals surface area contributed by atoms with E-state index in [1.54, 1.807) is 13.8 Å². The van der Waals surface area contributed by atoms with Gasteiger partial charge in [0.2, 0.25) is 11.8 Å². The number of nitriles is 2. The fourth-order valence-electron chi connectivity index (χ4n) is 7.30. The molecule has 2 amide bonds. The van der Waals surface area contributed by atoms with Crippen LogP contribution >= 0.6 is 0 Å². The molecule has 2 N–H and O–H groups in total. The molecule has 0 saturated heterocycles. The predicted octanol–water partition coefficient (Wildman–Crippen LogP) is 9.78. The van der Waals surface area contributed by atoms with E-state index in [4.69, 9.17) is 0 Å². The van der Waals surface area contributed by atoms with Crippen molar-refractivity contribution in [1.29, 1.82) is 10.5 Å². The quantitative estimate of drug-likeness (QED) is 0.0751.